The van der Waals surface area contributed by atoms with Crippen LogP contribution < -0.4 is 26.3 Å². The Labute approximate surface area is 147 Å². The molecule has 0 amide bonds. The standard InChI is InChI=1S/C18H11NO5.ClH/c20-14-6-15(21)18(22)11-4-13-10-5-17-16(23-8-24-17)3-9(10)1-2-19(13)7-12(11)14;/h1-7H,8H2,(H2,20,21,22);1H. The van der Waals surface area contributed by atoms with Gasteiger partial charge in [-0.3, -0.25) is 0 Å². The van der Waals surface area contributed by atoms with Gasteiger partial charge in [-0.1, -0.05) is 0 Å². The number of rotatable bonds is 0. The van der Waals surface area contributed by atoms with Crippen LogP contribution in [-0.4, -0.2) is 22.1 Å². The minimum Gasteiger partial charge on any atom is -1.00 e. The van der Waals surface area contributed by atoms with Gasteiger partial charge in [-0.25, -0.2) is 0 Å². The molecule has 0 bridgehead atoms. The zero-order chi connectivity index (χ0) is 16.4. The van der Waals surface area contributed by atoms with Crippen LogP contribution in [0.1, 0.15) is 0 Å². The van der Waals surface area contributed by atoms with Crippen LogP contribution >= 0.6 is 0 Å². The number of phenols is 3. The number of halogens is 1. The number of phenolic OH excluding ortho intramolecular Hbond substituents is 3. The summed E-state index contributed by atoms with van der Waals surface area (Å²) in [4.78, 5) is 0. The van der Waals surface area contributed by atoms with Gasteiger partial charge in [-0.05, 0) is 17.5 Å². The van der Waals surface area contributed by atoms with Gasteiger partial charge in [-0.15, -0.1) is 0 Å². The zero-order valence-electron chi connectivity index (χ0n) is 12.7. The Morgan fingerprint density at radius 3 is 2.40 bits per heavy atom. The number of hydrogen-bond donors (Lipinski definition) is 3. The Kier molecular flexibility index (Phi) is 3.20. The van der Waals surface area contributed by atoms with Crippen LogP contribution in [0.25, 0.3) is 27.1 Å². The number of benzene rings is 2. The van der Waals surface area contributed by atoms with Crippen molar-refractivity contribution in [2.75, 3.05) is 6.79 Å². The molecule has 3 N–H and O–H groups in total. The van der Waals surface area contributed by atoms with Crippen LogP contribution in [0.4, 0.5) is 0 Å². The lowest BCUT2D eigenvalue weighted by atomic mass is 10.1. The topological polar surface area (TPSA) is 83.3 Å². The van der Waals surface area contributed by atoms with E-state index < -0.39 is 0 Å². The smallest absolute Gasteiger partial charge is 0.231 e. The fourth-order valence-electron chi connectivity index (χ4n) is 3.20. The van der Waals surface area contributed by atoms with Gasteiger partial charge in [-0.2, -0.15) is 4.40 Å². The Bertz CT molecular complexity index is 1180. The molecule has 0 atom stereocenters. The number of hydrogen-bond acceptors (Lipinski definition) is 5. The summed E-state index contributed by atoms with van der Waals surface area (Å²) in [6.07, 6.45) is 3.58. The van der Waals surface area contributed by atoms with Crippen LogP contribution in [-0.2, 0) is 0 Å². The minimum atomic E-state index is -0.359. The first-order valence-corrected chi connectivity index (χ1v) is 7.37. The lowest BCUT2D eigenvalue weighted by Gasteiger charge is -2.06. The normalized spacial score (nSPS) is 12.6. The van der Waals surface area contributed by atoms with Crippen molar-refractivity contribution < 1.29 is 41.6 Å². The van der Waals surface area contributed by atoms with E-state index >= 15 is 0 Å². The van der Waals surface area contributed by atoms with Crippen molar-refractivity contribution in [1.82, 2.24) is 0 Å². The highest BCUT2D eigenvalue weighted by Gasteiger charge is 2.20. The van der Waals surface area contributed by atoms with Crippen molar-refractivity contribution in [1.29, 1.82) is 0 Å². The Morgan fingerprint density at radius 1 is 0.840 bits per heavy atom. The first-order chi connectivity index (χ1) is 11.6. The first-order valence-electron chi connectivity index (χ1n) is 7.37. The largest absolute Gasteiger partial charge is 1.00 e. The third-order valence-corrected chi connectivity index (χ3v) is 4.40. The van der Waals surface area contributed by atoms with Gasteiger partial charge in [0, 0.05) is 23.6 Å². The summed E-state index contributed by atoms with van der Waals surface area (Å²) in [5.41, 5.74) is 0.804. The second kappa shape index (κ2) is 5.19. The van der Waals surface area contributed by atoms with Crippen LogP contribution in [0.3, 0.4) is 0 Å². The average Bonchev–Trinajstić information content (AvgIpc) is 3.04. The average molecular weight is 358 g/mol. The number of nitrogens with zero attached hydrogens (tertiary/aromatic N) is 1. The van der Waals surface area contributed by atoms with Gasteiger partial charge in [0.25, 0.3) is 0 Å². The van der Waals surface area contributed by atoms with Gasteiger partial charge >= 0.3 is 0 Å². The van der Waals surface area contributed by atoms with E-state index in [0.717, 1.165) is 22.4 Å². The number of pyridine rings is 2. The van der Waals surface area contributed by atoms with Gasteiger partial charge in [0.05, 0.1) is 10.8 Å². The first kappa shape index (κ1) is 15.4. The molecule has 1 aliphatic rings. The van der Waals surface area contributed by atoms with Crippen LogP contribution in [0.15, 0.2) is 42.7 Å². The molecule has 0 aliphatic carbocycles. The van der Waals surface area contributed by atoms with Crippen molar-refractivity contribution >= 4 is 27.1 Å². The Morgan fingerprint density at radius 2 is 1.60 bits per heavy atom. The quantitative estimate of drug-likeness (QED) is 0.131. The molecule has 2 aromatic carbocycles. The Balaban J connectivity index is 0.00000157. The van der Waals surface area contributed by atoms with Gasteiger partial charge in [0.2, 0.25) is 12.3 Å². The zero-order valence-corrected chi connectivity index (χ0v) is 13.5. The van der Waals surface area contributed by atoms with Crippen LogP contribution in [0, 0.1) is 0 Å². The third kappa shape index (κ3) is 2.08. The molecule has 3 heterocycles. The summed E-state index contributed by atoms with van der Waals surface area (Å²) < 4.78 is 12.7. The molecule has 126 valence electrons. The highest BCUT2D eigenvalue weighted by Crippen LogP contribution is 2.41. The lowest BCUT2D eigenvalue weighted by molar-refractivity contribution is -0.509. The van der Waals surface area contributed by atoms with Gasteiger partial charge in [0.15, 0.2) is 35.4 Å². The molecule has 0 saturated carbocycles. The third-order valence-electron chi connectivity index (χ3n) is 4.40. The summed E-state index contributed by atoms with van der Waals surface area (Å²) in [5, 5.41) is 32.7. The second-order valence-corrected chi connectivity index (χ2v) is 5.77. The molecule has 25 heavy (non-hydrogen) atoms. The molecule has 0 fully saturated rings. The number of aromatic nitrogens is 1. The summed E-state index contributed by atoms with van der Waals surface area (Å²) >= 11 is 0. The number of aromatic hydroxyl groups is 3. The maximum absolute atomic E-state index is 10.2. The summed E-state index contributed by atoms with van der Waals surface area (Å²) in [5.74, 6) is 0.648. The van der Waals surface area contributed by atoms with E-state index in [4.69, 9.17) is 9.47 Å². The van der Waals surface area contributed by atoms with E-state index in [2.05, 4.69) is 0 Å². The van der Waals surface area contributed by atoms with E-state index in [0.29, 0.717) is 22.3 Å². The predicted molar refractivity (Wildman–Crippen MR) is 85.7 cm³/mol. The van der Waals surface area contributed by atoms with Crippen LogP contribution in [0.5, 0.6) is 28.7 Å². The van der Waals surface area contributed by atoms with E-state index in [1.807, 2.05) is 28.8 Å². The molecule has 0 spiro atoms. The molecule has 5 rings (SSSR count). The predicted octanol–water partition coefficient (Wildman–Crippen LogP) is -0.419. The molecule has 7 heteroatoms. The van der Waals surface area contributed by atoms with E-state index in [9.17, 15) is 15.3 Å². The van der Waals surface area contributed by atoms with Crippen molar-refractivity contribution in [2.24, 2.45) is 0 Å². The summed E-state index contributed by atoms with van der Waals surface area (Å²) in [7, 11) is 0. The minimum absolute atomic E-state index is 0. The second-order valence-electron chi connectivity index (χ2n) is 5.77. The molecule has 0 saturated heterocycles. The maximum Gasteiger partial charge on any atom is 0.231 e. The fourth-order valence-corrected chi connectivity index (χ4v) is 3.20. The molecule has 1 aliphatic heterocycles. The van der Waals surface area contributed by atoms with E-state index in [1.54, 1.807) is 12.3 Å². The van der Waals surface area contributed by atoms with Crippen LogP contribution in [0.2, 0.25) is 0 Å². The lowest BCUT2D eigenvalue weighted by Crippen LogP contribution is -3.00. The summed E-state index contributed by atoms with van der Waals surface area (Å²) in [6, 6.07) is 8.59. The fraction of sp³-hybridized carbons (Fsp3) is 0.0556. The number of ether oxygens (including phenoxy) is 2. The molecular formula is C18H12ClNO5. The molecule has 4 aromatic rings. The highest BCUT2D eigenvalue weighted by molar-refractivity contribution is 6.02. The van der Waals surface area contributed by atoms with E-state index in [1.165, 1.54) is 0 Å². The highest BCUT2D eigenvalue weighted by atomic mass is 35.5. The van der Waals surface area contributed by atoms with Gasteiger partial charge in [0.1, 0.15) is 5.75 Å². The molecule has 0 radical (unpaired) electrons. The van der Waals surface area contributed by atoms with Crippen molar-refractivity contribution in [3.8, 4) is 28.7 Å². The SMILES string of the molecule is Oc1cc(O)c2c[n+]3ccc4cc5c(cc4c3cc2c1O)OCO5.[Cl-]. The maximum atomic E-state index is 10.2. The van der Waals surface area contributed by atoms with Crippen molar-refractivity contribution in [3.63, 3.8) is 0 Å². The molecule has 2 aromatic heterocycles. The van der Waals surface area contributed by atoms with Gasteiger partial charge < -0.3 is 37.2 Å². The molecule has 6 nitrogen and oxygen atoms in total. The molecular weight excluding hydrogens is 346 g/mol. The van der Waals surface area contributed by atoms with Crippen molar-refractivity contribution in [3.05, 3.63) is 42.7 Å². The Hall–Kier alpha value is -3.12. The van der Waals surface area contributed by atoms with E-state index in [-0.39, 0.29) is 36.4 Å². The van der Waals surface area contributed by atoms with Crippen molar-refractivity contribution in [2.45, 2.75) is 0 Å². The number of fused-ring (bicyclic) bond motifs is 5. The monoisotopic (exact) mass is 357 g/mol. The summed E-state index contributed by atoms with van der Waals surface area (Å²) in [6.45, 7) is 0.197. The molecule has 0 unspecified atom stereocenters.